The molecule has 0 amide bonds. The van der Waals surface area contributed by atoms with Gasteiger partial charge in [-0.2, -0.15) is 0 Å². The van der Waals surface area contributed by atoms with Crippen molar-refractivity contribution in [1.29, 1.82) is 0 Å². The SMILES string of the molecule is C[C@@H](C1CC1)N(C)Cc1nnc(-c2ccccc2Br)o1. The van der Waals surface area contributed by atoms with Crippen LogP contribution < -0.4 is 0 Å². The lowest BCUT2D eigenvalue weighted by Crippen LogP contribution is -2.30. The Morgan fingerprint density at radius 2 is 2.10 bits per heavy atom. The molecule has 1 aromatic heterocycles. The number of nitrogens with zero attached hydrogens (tertiary/aromatic N) is 3. The second kappa shape index (κ2) is 5.66. The molecular weight excluding hydrogens is 318 g/mol. The van der Waals surface area contributed by atoms with Gasteiger partial charge in [0.2, 0.25) is 11.8 Å². The fourth-order valence-corrected chi connectivity index (χ4v) is 2.81. The molecule has 20 heavy (non-hydrogen) atoms. The molecule has 1 aromatic carbocycles. The van der Waals surface area contributed by atoms with Crippen LogP contribution in [0.2, 0.25) is 0 Å². The second-order valence-electron chi connectivity index (χ2n) is 5.47. The first-order chi connectivity index (χ1) is 9.65. The number of hydrogen-bond donors (Lipinski definition) is 0. The molecule has 1 saturated carbocycles. The van der Waals surface area contributed by atoms with Gasteiger partial charge < -0.3 is 4.42 Å². The Balaban J connectivity index is 1.72. The molecule has 2 aromatic rings. The normalized spacial score (nSPS) is 16.6. The van der Waals surface area contributed by atoms with Crippen molar-refractivity contribution < 1.29 is 4.42 Å². The zero-order valence-electron chi connectivity index (χ0n) is 11.7. The lowest BCUT2D eigenvalue weighted by molar-refractivity contribution is 0.206. The molecule has 0 radical (unpaired) electrons. The fourth-order valence-electron chi connectivity index (χ4n) is 2.36. The van der Waals surface area contributed by atoms with Crippen LogP contribution in [0.1, 0.15) is 25.7 Å². The van der Waals surface area contributed by atoms with Crippen LogP contribution in [0.5, 0.6) is 0 Å². The molecule has 1 atom stereocenters. The van der Waals surface area contributed by atoms with E-state index in [4.69, 9.17) is 4.42 Å². The molecule has 0 saturated heterocycles. The molecule has 1 heterocycles. The Kier molecular flexibility index (Phi) is 3.89. The Labute approximate surface area is 127 Å². The zero-order valence-corrected chi connectivity index (χ0v) is 13.3. The second-order valence-corrected chi connectivity index (χ2v) is 6.33. The predicted octanol–water partition coefficient (Wildman–Crippen LogP) is 3.73. The molecule has 0 bridgehead atoms. The summed E-state index contributed by atoms with van der Waals surface area (Å²) in [6.07, 6.45) is 2.69. The maximum Gasteiger partial charge on any atom is 0.248 e. The average Bonchev–Trinajstić information content (AvgIpc) is 3.19. The minimum absolute atomic E-state index is 0.569. The van der Waals surface area contributed by atoms with E-state index >= 15 is 0 Å². The number of rotatable bonds is 5. The van der Waals surface area contributed by atoms with Gasteiger partial charge in [-0.05, 0) is 60.8 Å². The zero-order chi connectivity index (χ0) is 14.1. The molecule has 0 spiro atoms. The van der Waals surface area contributed by atoms with Gasteiger partial charge >= 0.3 is 0 Å². The summed E-state index contributed by atoms with van der Waals surface area (Å²) >= 11 is 3.51. The van der Waals surface area contributed by atoms with Crippen LogP contribution in [0.3, 0.4) is 0 Å². The Hall–Kier alpha value is -1.20. The van der Waals surface area contributed by atoms with Crippen LogP contribution >= 0.6 is 15.9 Å². The van der Waals surface area contributed by atoms with Gasteiger partial charge in [0.1, 0.15) is 0 Å². The van der Waals surface area contributed by atoms with Crippen LogP contribution in [0.15, 0.2) is 33.2 Å². The highest BCUT2D eigenvalue weighted by atomic mass is 79.9. The molecule has 0 N–H and O–H groups in total. The summed E-state index contributed by atoms with van der Waals surface area (Å²) in [4.78, 5) is 2.29. The molecule has 0 aliphatic heterocycles. The molecule has 5 heteroatoms. The van der Waals surface area contributed by atoms with Crippen LogP contribution in [0.25, 0.3) is 11.5 Å². The van der Waals surface area contributed by atoms with E-state index in [2.05, 4.69) is 45.0 Å². The van der Waals surface area contributed by atoms with E-state index < -0.39 is 0 Å². The summed E-state index contributed by atoms with van der Waals surface area (Å²) in [5.41, 5.74) is 0.934. The van der Waals surface area contributed by atoms with Crippen molar-refractivity contribution in [2.75, 3.05) is 7.05 Å². The Bertz CT molecular complexity index is 594. The predicted molar refractivity (Wildman–Crippen MR) is 81.1 cm³/mol. The molecular formula is C15H18BrN3O. The van der Waals surface area contributed by atoms with Crippen molar-refractivity contribution in [3.8, 4) is 11.5 Å². The number of hydrogen-bond acceptors (Lipinski definition) is 4. The molecule has 3 rings (SSSR count). The average molecular weight is 336 g/mol. The van der Waals surface area contributed by atoms with E-state index in [9.17, 15) is 0 Å². The third kappa shape index (κ3) is 2.94. The van der Waals surface area contributed by atoms with E-state index in [-0.39, 0.29) is 0 Å². The van der Waals surface area contributed by atoms with E-state index in [1.165, 1.54) is 12.8 Å². The first-order valence-corrected chi connectivity index (χ1v) is 7.72. The Morgan fingerprint density at radius 1 is 1.35 bits per heavy atom. The lowest BCUT2D eigenvalue weighted by atomic mass is 10.2. The molecule has 4 nitrogen and oxygen atoms in total. The lowest BCUT2D eigenvalue weighted by Gasteiger charge is -2.22. The van der Waals surface area contributed by atoms with Crippen LogP contribution in [-0.2, 0) is 6.54 Å². The van der Waals surface area contributed by atoms with Gasteiger partial charge in [0.05, 0.1) is 12.1 Å². The van der Waals surface area contributed by atoms with Crippen molar-refractivity contribution in [2.45, 2.75) is 32.4 Å². The maximum atomic E-state index is 5.78. The van der Waals surface area contributed by atoms with Crippen molar-refractivity contribution in [3.63, 3.8) is 0 Å². The topological polar surface area (TPSA) is 42.2 Å². The van der Waals surface area contributed by atoms with E-state index in [0.717, 1.165) is 16.0 Å². The first kappa shape index (κ1) is 13.8. The minimum atomic E-state index is 0.569. The van der Waals surface area contributed by atoms with Crippen molar-refractivity contribution in [3.05, 3.63) is 34.6 Å². The van der Waals surface area contributed by atoms with Crippen LogP contribution in [0.4, 0.5) is 0 Å². The molecule has 106 valence electrons. The summed E-state index contributed by atoms with van der Waals surface area (Å²) in [5, 5.41) is 8.30. The van der Waals surface area contributed by atoms with Gasteiger partial charge in [-0.25, -0.2) is 0 Å². The fraction of sp³-hybridized carbons (Fsp3) is 0.467. The largest absolute Gasteiger partial charge is 0.419 e. The quantitative estimate of drug-likeness (QED) is 0.834. The minimum Gasteiger partial charge on any atom is -0.419 e. The van der Waals surface area contributed by atoms with Gasteiger partial charge in [0, 0.05) is 10.5 Å². The van der Waals surface area contributed by atoms with Crippen LogP contribution in [-0.4, -0.2) is 28.2 Å². The maximum absolute atomic E-state index is 5.78. The van der Waals surface area contributed by atoms with E-state index in [1.807, 2.05) is 24.3 Å². The summed E-state index contributed by atoms with van der Waals surface area (Å²) in [6.45, 7) is 2.97. The standard InChI is InChI=1S/C15H18BrN3O/c1-10(11-7-8-11)19(2)9-14-17-18-15(20-14)12-5-3-4-6-13(12)16/h3-6,10-11H,7-9H2,1-2H3/t10-/m0/s1. The first-order valence-electron chi connectivity index (χ1n) is 6.92. The number of halogens is 1. The highest BCUT2D eigenvalue weighted by Gasteiger charge is 2.31. The monoisotopic (exact) mass is 335 g/mol. The third-order valence-electron chi connectivity index (χ3n) is 3.96. The molecule has 1 aliphatic rings. The Morgan fingerprint density at radius 3 is 2.80 bits per heavy atom. The summed E-state index contributed by atoms with van der Waals surface area (Å²) in [6, 6.07) is 8.45. The number of aromatic nitrogens is 2. The molecule has 0 unspecified atom stereocenters. The van der Waals surface area contributed by atoms with Crippen molar-refractivity contribution >= 4 is 15.9 Å². The summed E-state index contributed by atoms with van der Waals surface area (Å²) < 4.78 is 6.75. The van der Waals surface area contributed by atoms with Gasteiger partial charge in [-0.3, -0.25) is 4.90 Å². The number of benzene rings is 1. The third-order valence-corrected chi connectivity index (χ3v) is 4.65. The smallest absolute Gasteiger partial charge is 0.248 e. The highest BCUT2D eigenvalue weighted by Crippen LogP contribution is 2.35. The van der Waals surface area contributed by atoms with Gasteiger partial charge in [0.15, 0.2) is 0 Å². The van der Waals surface area contributed by atoms with E-state index in [1.54, 1.807) is 0 Å². The van der Waals surface area contributed by atoms with Gasteiger partial charge in [0.25, 0.3) is 0 Å². The van der Waals surface area contributed by atoms with Crippen molar-refractivity contribution in [2.24, 2.45) is 5.92 Å². The van der Waals surface area contributed by atoms with E-state index in [0.29, 0.717) is 24.4 Å². The molecule has 1 fully saturated rings. The highest BCUT2D eigenvalue weighted by molar-refractivity contribution is 9.10. The van der Waals surface area contributed by atoms with Crippen molar-refractivity contribution in [1.82, 2.24) is 15.1 Å². The van der Waals surface area contributed by atoms with Crippen LogP contribution in [0, 0.1) is 5.92 Å². The summed E-state index contributed by atoms with van der Waals surface area (Å²) in [7, 11) is 2.12. The summed E-state index contributed by atoms with van der Waals surface area (Å²) in [5.74, 6) is 2.08. The van der Waals surface area contributed by atoms with Gasteiger partial charge in [-0.15, -0.1) is 10.2 Å². The molecule has 1 aliphatic carbocycles. The van der Waals surface area contributed by atoms with Gasteiger partial charge in [-0.1, -0.05) is 12.1 Å².